The number of anilines is 1. The van der Waals surface area contributed by atoms with E-state index in [2.05, 4.69) is 74.5 Å². The first-order chi connectivity index (χ1) is 15.8. The van der Waals surface area contributed by atoms with Crippen molar-refractivity contribution in [2.75, 3.05) is 38.1 Å². The van der Waals surface area contributed by atoms with Crippen LogP contribution in [-0.4, -0.2) is 58.3 Å². The first-order valence-electron chi connectivity index (χ1n) is 11.0. The number of benzene rings is 2. The number of H-pyrrole nitrogens is 1. The summed E-state index contributed by atoms with van der Waals surface area (Å²) >= 11 is 0. The lowest BCUT2D eigenvalue weighted by atomic mass is 10.0. The highest BCUT2D eigenvalue weighted by atomic mass is 15.2. The van der Waals surface area contributed by atoms with Gasteiger partial charge in [-0.3, -0.25) is 10.1 Å². The minimum absolute atomic E-state index is 0.880. The Morgan fingerprint density at radius 2 is 1.69 bits per heavy atom. The SMILES string of the molecule is CN1CCN(c2ccc(-c3n[nH]c4ccc(-c5cccc6ncccc56)nc34)cc2)CC1. The normalized spacial score (nSPS) is 15.0. The number of nitrogens with zero attached hydrogens (tertiary/aromatic N) is 5. The fourth-order valence-electron chi connectivity index (χ4n) is 4.47. The van der Waals surface area contributed by atoms with E-state index in [1.807, 2.05) is 30.5 Å². The number of likely N-dealkylation sites (N-methyl/N-ethyl adjacent to an activating group) is 1. The molecule has 3 aromatic heterocycles. The van der Waals surface area contributed by atoms with Crippen molar-refractivity contribution in [1.29, 1.82) is 0 Å². The number of aromatic nitrogens is 4. The summed E-state index contributed by atoms with van der Waals surface area (Å²) in [6.45, 7) is 4.32. The monoisotopic (exact) mass is 420 g/mol. The lowest BCUT2D eigenvalue weighted by molar-refractivity contribution is 0.313. The van der Waals surface area contributed by atoms with Gasteiger partial charge in [0.05, 0.1) is 16.7 Å². The minimum Gasteiger partial charge on any atom is -0.369 e. The zero-order valence-corrected chi connectivity index (χ0v) is 18.0. The standard InChI is InChI=1S/C26H24N6/c1-31-14-16-32(17-15-31)19-9-7-18(8-10-19)25-26-24(29-30-25)12-11-23(28-26)21-4-2-6-22-20(21)5-3-13-27-22/h2-13H,14-17H2,1H3,(H,29,30). The Labute approximate surface area is 186 Å². The van der Waals surface area contributed by atoms with Crippen molar-refractivity contribution in [1.82, 2.24) is 25.1 Å². The second-order valence-corrected chi connectivity index (χ2v) is 8.38. The molecule has 2 aromatic carbocycles. The van der Waals surface area contributed by atoms with Crippen LogP contribution in [0.15, 0.2) is 72.9 Å². The minimum atomic E-state index is 0.880. The van der Waals surface area contributed by atoms with Gasteiger partial charge in [0.2, 0.25) is 0 Å². The molecule has 1 N–H and O–H groups in total. The quantitative estimate of drug-likeness (QED) is 0.463. The molecule has 0 radical (unpaired) electrons. The van der Waals surface area contributed by atoms with Crippen LogP contribution >= 0.6 is 0 Å². The summed E-state index contributed by atoms with van der Waals surface area (Å²) < 4.78 is 0. The van der Waals surface area contributed by atoms with Gasteiger partial charge >= 0.3 is 0 Å². The smallest absolute Gasteiger partial charge is 0.118 e. The molecule has 0 saturated carbocycles. The van der Waals surface area contributed by atoms with E-state index >= 15 is 0 Å². The van der Waals surface area contributed by atoms with Gasteiger partial charge in [-0.05, 0) is 43.4 Å². The third kappa shape index (κ3) is 3.29. The largest absolute Gasteiger partial charge is 0.369 e. The molecule has 4 heterocycles. The zero-order valence-electron chi connectivity index (χ0n) is 18.0. The van der Waals surface area contributed by atoms with Crippen LogP contribution in [0.2, 0.25) is 0 Å². The fourth-order valence-corrected chi connectivity index (χ4v) is 4.47. The number of nitrogens with one attached hydrogen (secondary N) is 1. The second-order valence-electron chi connectivity index (χ2n) is 8.38. The highest BCUT2D eigenvalue weighted by molar-refractivity contribution is 5.96. The molecule has 1 fully saturated rings. The number of hydrogen-bond acceptors (Lipinski definition) is 5. The average molecular weight is 421 g/mol. The summed E-state index contributed by atoms with van der Waals surface area (Å²) in [5.41, 5.74) is 8.00. The van der Waals surface area contributed by atoms with Crippen molar-refractivity contribution in [3.8, 4) is 22.5 Å². The van der Waals surface area contributed by atoms with Crippen LogP contribution in [0.1, 0.15) is 0 Å². The molecule has 0 unspecified atom stereocenters. The van der Waals surface area contributed by atoms with E-state index in [-0.39, 0.29) is 0 Å². The van der Waals surface area contributed by atoms with Gasteiger partial charge in [-0.15, -0.1) is 0 Å². The Hall–Kier alpha value is -3.77. The number of pyridine rings is 2. The maximum atomic E-state index is 5.02. The van der Waals surface area contributed by atoms with E-state index in [1.54, 1.807) is 0 Å². The van der Waals surface area contributed by atoms with Gasteiger partial charge in [-0.25, -0.2) is 4.98 Å². The molecule has 158 valence electrons. The molecule has 0 atom stereocenters. The molecule has 6 rings (SSSR count). The van der Waals surface area contributed by atoms with E-state index in [9.17, 15) is 0 Å². The molecule has 1 aliphatic heterocycles. The van der Waals surface area contributed by atoms with Crippen LogP contribution < -0.4 is 4.90 Å². The molecule has 6 nitrogen and oxygen atoms in total. The molecule has 5 aromatic rings. The summed E-state index contributed by atoms with van der Waals surface area (Å²) in [5, 5.41) is 8.84. The van der Waals surface area contributed by atoms with Crippen LogP contribution in [0.5, 0.6) is 0 Å². The lowest BCUT2D eigenvalue weighted by Gasteiger charge is -2.34. The summed E-state index contributed by atoms with van der Waals surface area (Å²) in [6, 6.07) is 23.0. The Morgan fingerprint density at radius 1 is 0.844 bits per heavy atom. The van der Waals surface area contributed by atoms with Crippen LogP contribution in [0.4, 0.5) is 5.69 Å². The molecule has 6 heteroatoms. The molecular formula is C26H24N6. The number of aromatic amines is 1. The first-order valence-corrected chi connectivity index (χ1v) is 11.0. The summed E-state index contributed by atoms with van der Waals surface area (Å²) in [5.74, 6) is 0. The molecule has 0 aliphatic carbocycles. The van der Waals surface area contributed by atoms with E-state index in [1.165, 1.54) is 5.69 Å². The Balaban J connectivity index is 1.38. The summed E-state index contributed by atoms with van der Waals surface area (Å²) in [7, 11) is 2.18. The lowest BCUT2D eigenvalue weighted by Crippen LogP contribution is -2.44. The van der Waals surface area contributed by atoms with Crippen molar-refractivity contribution in [2.24, 2.45) is 0 Å². The van der Waals surface area contributed by atoms with Crippen LogP contribution in [0.3, 0.4) is 0 Å². The number of fused-ring (bicyclic) bond motifs is 2. The molecule has 1 aliphatic rings. The van der Waals surface area contributed by atoms with Gasteiger partial charge in [0, 0.05) is 54.6 Å². The molecule has 0 spiro atoms. The van der Waals surface area contributed by atoms with Crippen molar-refractivity contribution in [3.63, 3.8) is 0 Å². The molecule has 0 bridgehead atoms. The second kappa shape index (κ2) is 7.73. The van der Waals surface area contributed by atoms with Crippen molar-refractivity contribution in [3.05, 3.63) is 72.9 Å². The highest BCUT2D eigenvalue weighted by Crippen LogP contribution is 2.31. The number of rotatable bonds is 3. The third-order valence-electron chi connectivity index (χ3n) is 6.34. The van der Waals surface area contributed by atoms with Crippen molar-refractivity contribution >= 4 is 27.6 Å². The number of piperazine rings is 1. The van der Waals surface area contributed by atoms with Crippen molar-refractivity contribution < 1.29 is 0 Å². The van der Waals surface area contributed by atoms with E-state index in [4.69, 9.17) is 4.98 Å². The van der Waals surface area contributed by atoms with E-state index < -0.39 is 0 Å². The molecular weight excluding hydrogens is 396 g/mol. The summed E-state index contributed by atoms with van der Waals surface area (Å²) in [6.07, 6.45) is 1.82. The van der Waals surface area contributed by atoms with Crippen LogP contribution in [0, 0.1) is 0 Å². The topological polar surface area (TPSA) is 60.9 Å². The fraction of sp³-hybridized carbons (Fsp3) is 0.192. The third-order valence-corrected chi connectivity index (χ3v) is 6.34. The Kier molecular flexibility index (Phi) is 4.58. The zero-order chi connectivity index (χ0) is 21.5. The number of hydrogen-bond donors (Lipinski definition) is 1. The first kappa shape index (κ1) is 19.0. The van der Waals surface area contributed by atoms with E-state index in [0.29, 0.717) is 0 Å². The molecule has 32 heavy (non-hydrogen) atoms. The van der Waals surface area contributed by atoms with Gasteiger partial charge in [0.25, 0.3) is 0 Å². The van der Waals surface area contributed by atoms with Crippen LogP contribution in [-0.2, 0) is 0 Å². The maximum absolute atomic E-state index is 5.02. The highest BCUT2D eigenvalue weighted by Gasteiger charge is 2.16. The van der Waals surface area contributed by atoms with Gasteiger partial charge in [0.15, 0.2) is 0 Å². The molecule has 0 amide bonds. The van der Waals surface area contributed by atoms with Gasteiger partial charge in [-0.2, -0.15) is 5.10 Å². The predicted octanol–water partition coefficient (Wildman–Crippen LogP) is 4.59. The maximum Gasteiger partial charge on any atom is 0.118 e. The predicted molar refractivity (Wildman–Crippen MR) is 130 cm³/mol. The van der Waals surface area contributed by atoms with Gasteiger partial charge in [-0.1, -0.05) is 30.3 Å². The summed E-state index contributed by atoms with van der Waals surface area (Å²) in [4.78, 5) is 14.3. The molecule has 1 saturated heterocycles. The average Bonchev–Trinajstić information content (AvgIpc) is 3.28. The van der Waals surface area contributed by atoms with Crippen molar-refractivity contribution in [2.45, 2.75) is 0 Å². The van der Waals surface area contributed by atoms with Gasteiger partial charge < -0.3 is 9.80 Å². The van der Waals surface area contributed by atoms with Gasteiger partial charge in [0.1, 0.15) is 11.2 Å². The van der Waals surface area contributed by atoms with E-state index in [0.717, 1.165) is 70.6 Å². The van der Waals surface area contributed by atoms with Crippen LogP contribution in [0.25, 0.3) is 44.5 Å². The Bertz CT molecular complexity index is 1390. The Morgan fingerprint density at radius 3 is 2.53 bits per heavy atom.